The van der Waals surface area contributed by atoms with Crippen LogP contribution in [0.5, 0.6) is 5.75 Å². The van der Waals surface area contributed by atoms with E-state index in [1.165, 1.54) is 11.3 Å². The largest absolute Gasteiger partial charge is 0.494 e. The van der Waals surface area contributed by atoms with Gasteiger partial charge < -0.3 is 9.30 Å². The summed E-state index contributed by atoms with van der Waals surface area (Å²) in [5.74, 6) is 0.479. The third-order valence-corrected chi connectivity index (χ3v) is 4.85. The first-order chi connectivity index (χ1) is 11.6. The Morgan fingerprint density at radius 3 is 2.62 bits per heavy atom. The van der Waals surface area contributed by atoms with Crippen LogP contribution in [-0.2, 0) is 6.54 Å². The highest BCUT2D eigenvalue weighted by Crippen LogP contribution is 2.22. The number of benzene rings is 2. The van der Waals surface area contributed by atoms with Crippen molar-refractivity contribution < 1.29 is 9.53 Å². The fourth-order valence-corrected chi connectivity index (χ4v) is 3.82. The quantitative estimate of drug-likeness (QED) is 0.686. The summed E-state index contributed by atoms with van der Waals surface area (Å²) >= 11 is 7.52. The molecule has 3 aromatic rings. The Morgan fingerprint density at radius 1 is 1.21 bits per heavy atom. The van der Waals surface area contributed by atoms with E-state index in [4.69, 9.17) is 16.3 Å². The van der Waals surface area contributed by atoms with Gasteiger partial charge in [-0.05, 0) is 56.3 Å². The average Bonchev–Trinajstić information content (AvgIpc) is 2.91. The van der Waals surface area contributed by atoms with Gasteiger partial charge in [0.2, 0.25) is 0 Å². The van der Waals surface area contributed by atoms with Gasteiger partial charge in [0.25, 0.3) is 5.91 Å². The van der Waals surface area contributed by atoms with Crippen molar-refractivity contribution >= 4 is 39.1 Å². The Morgan fingerprint density at radius 2 is 1.96 bits per heavy atom. The summed E-state index contributed by atoms with van der Waals surface area (Å²) in [4.78, 5) is 17.4. The normalized spacial score (nSPS) is 11.9. The van der Waals surface area contributed by atoms with Crippen LogP contribution in [-0.4, -0.2) is 17.1 Å². The van der Waals surface area contributed by atoms with Crippen LogP contribution >= 0.6 is 22.9 Å². The Bertz CT molecular complexity index is 942. The molecule has 0 unspecified atom stereocenters. The van der Waals surface area contributed by atoms with E-state index in [0.717, 1.165) is 22.5 Å². The zero-order valence-electron chi connectivity index (χ0n) is 13.5. The molecule has 0 aliphatic rings. The number of thiazole rings is 1. The number of hydrogen-bond donors (Lipinski definition) is 0. The molecule has 0 fully saturated rings. The Hall–Kier alpha value is -2.11. The van der Waals surface area contributed by atoms with Gasteiger partial charge in [-0.25, -0.2) is 0 Å². The number of hydrogen-bond acceptors (Lipinski definition) is 3. The molecule has 0 aliphatic heterocycles. The minimum absolute atomic E-state index is 0.266. The monoisotopic (exact) mass is 360 g/mol. The minimum Gasteiger partial charge on any atom is -0.494 e. The van der Waals surface area contributed by atoms with Crippen LogP contribution < -0.4 is 9.54 Å². The van der Waals surface area contributed by atoms with Gasteiger partial charge in [-0.2, -0.15) is 4.99 Å². The topological polar surface area (TPSA) is 43.6 Å². The number of aromatic nitrogens is 1. The highest BCUT2D eigenvalue weighted by atomic mass is 35.5. The van der Waals surface area contributed by atoms with Crippen molar-refractivity contribution in [1.29, 1.82) is 0 Å². The lowest BCUT2D eigenvalue weighted by atomic mass is 10.2. The third kappa shape index (κ3) is 3.37. The van der Waals surface area contributed by atoms with Crippen molar-refractivity contribution in [1.82, 2.24) is 4.57 Å². The highest BCUT2D eigenvalue weighted by Gasteiger charge is 2.09. The van der Waals surface area contributed by atoms with Crippen LogP contribution in [0.2, 0.25) is 5.02 Å². The van der Waals surface area contributed by atoms with Crippen LogP contribution in [0, 0.1) is 0 Å². The van der Waals surface area contributed by atoms with Crippen molar-refractivity contribution in [3.63, 3.8) is 0 Å². The van der Waals surface area contributed by atoms with E-state index in [2.05, 4.69) is 4.99 Å². The zero-order chi connectivity index (χ0) is 17.1. The van der Waals surface area contributed by atoms with Crippen LogP contribution in [0.1, 0.15) is 24.2 Å². The van der Waals surface area contributed by atoms with Gasteiger partial charge in [-0.3, -0.25) is 4.79 Å². The average molecular weight is 361 g/mol. The van der Waals surface area contributed by atoms with E-state index in [-0.39, 0.29) is 5.91 Å². The number of amides is 1. The molecule has 0 radical (unpaired) electrons. The highest BCUT2D eigenvalue weighted by molar-refractivity contribution is 7.16. The van der Waals surface area contributed by atoms with Gasteiger partial charge >= 0.3 is 0 Å². The molecule has 0 aliphatic carbocycles. The minimum atomic E-state index is -0.266. The number of fused-ring (bicyclic) bond motifs is 1. The fourth-order valence-electron chi connectivity index (χ4n) is 2.45. The molecule has 6 heteroatoms. The summed E-state index contributed by atoms with van der Waals surface area (Å²) in [6.07, 6.45) is 0. The molecule has 2 aromatic carbocycles. The summed E-state index contributed by atoms with van der Waals surface area (Å²) < 4.78 is 8.42. The molecule has 3 rings (SSSR count). The second-order valence-corrected chi connectivity index (χ2v) is 6.56. The van der Waals surface area contributed by atoms with Crippen LogP contribution in [0.15, 0.2) is 47.5 Å². The fraction of sp³-hybridized carbons (Fsp3) is 0.222. The van der Waals surface area contributed by atoms with Gasteiger partial charge in [0, 0.05) is 17.1 Å². The summed E-state index contributed by atoms with van der Waals surface area (Å²) in [6.45, 7) is 5.28. The number of rotatable bonds is 4. The first-order valence-corrected chi connectivity index (χ1v) is 8.92. The lowest BCUT2D eigenvalue weighted by Gasteiger charge is -2.03. The molecule has 0 saturated heterocycles. The number of carbonyl (C=O) groups excluding carboxylic acids is 1. The van der Waals surface area contributed by atoms with Crippen molar-refractivity contribution in [2.24, 2.45) is 4.99 Å². The molecule has 0 N–H and O–H groups in total. The molecule has 0 atom stereocenters. The number of aryl methyl sites for hydroxylation is 1. The Balaban J connectivity index is 2.00. The van der Waals surface area contributed by atoms with Crippen molar-refractivity contribution in [2.45, 2.75) is 20.4 Å². The maximum atomic E-state index is 12.5. The molecule has 4 nitrogen and oxygen atoms in total. The molecule has 1 amide bonds. The van der Waals surface area contributed by atoms with Crippen LogP contribution in [0.25, 0.3) is 10.2 Å². The van der Waals surface area contributed by atoms with Crippen molar-refractivity contribution in [3.8, 4) is 5.75 Å². The van der Waals surface area contributed by atoms with Crippen molar-refractivity contribution in [2.75, 3.05) is 6.61 Å². The predicted octanol–water partition coefficient (Wildman–Crippen LogP) is 4.52. The molecule has 24 heavy (non-hydrogen) atoms. The summed E-state index contributed by atoms with van der Waals surface area (Å²) in [5.41, 5.74) is 1.57. The maximum absolute atomic E-state index is 12.5. The maximum Gasteiger partial charge on any atom is 0.279 e. The van der Waals surface area contributed by atoms with E-state index in [0.29, 0.717) is 22.0 Å². The lowest BCUT2D eigenvalue weighted by Crippen LogP contribution is -2.15. The first-order valence-electron chi connectivity index (χ1n) is 7.73. The predicted molar refractivity (Wildman–Crippen MR) is 98.0 cm³/mol. The molecule has 1 heterocycles. The van der Waals surface area contributed by atoms with E-state index in [1.807, 2.05) is 36.6 Å². The SMILES string of the molecule is CCOc1ccc(C(=O)N=c2sc3cc(Cl)ccc3n2CC)cc1. The van der Waals surface area contributed by atoms with Gasteiger partial charge in [0.1, 0.15) is 5.75 Å². The Labute approximate surface area is 149 Å². The number of carbonyl (C=O) groups is 1. The molecule has 0 saturated carbocycles. The van der Waals surface area contributed by atoms with E-state index in [1.54, 1.807) is 24.3 Å². The number of halogens is 1. The third-order valence-electron chi connectivity index (χ3n) is 3.57. The molecular formula is C18H17ClN2O2S. The lowest BCUT2D eigenvalue weighted by molar-refractivity contribution is 0.0998. The molecule has 0 bridgehead atoms. The standard InChI is InChI=1S/C18H17ClN2O2S/c1-3-21-15-10-7-13(19)11-16(15)24-18(21)20-17(22)12-5-8-14(9-6-12)23-4-2/h5-11H,3-4H2,1-2H3. The summed E-state index contributed by atoms with van der Waals surface area (Å²) in [7, 11) is 0. The van der Waals surface area contributed by atoms with Gasteiger partial charge in [-0.1, -0.05) is 22.9 Å². The summed E-state index contributed by atoms with van der Waals surface area (Å²) in [5, 5.41) is 0.677. The van der Waals surface area contributed by atoms with Crippen molar-refractivity contribution in [3.05, 3.63) is 57.9 Å². The number of nitrogens with zero attached hydrogens (tertiary/aromatic N) is 2. The van der Waals surface area contributed by atoms with Gasteiger partial charge in [0.15, 0.2) is 4.80 Å². The van der Waals surface area contributed by atoms with E-state index >= 15 is 0 Å². The van der Waals surface area contributed by atoms with E-state index in [9.17, 15) is 4.79 Å². The molecular weight excluding hydrogens is 344 g/mol. The van der Waals surface area contributed by atoms with Gasteiger partial charge in [0.05, 0.1) is 16.8 Å². The van der Waals surface area contributed by atoms with Crippen LogP contribution in [0.4, 0.5) is 0 Å². The second kappa shape index (κ2) is 7.20. The van der Waals surface area contributed by atoms with E-state index < -0.39 is 0 Å². The Kier molecular flexibility index (Phi) is 5.02. The second-order valence-electron chi connectivity index (χ2n) is 5.12. The summed E-state index contributed by atoms with van der Waals surface area (Å²) in [6, 6.07) is 12.7. The smallest absolute Gasteiger partial charge is 0.279 e. The first kappa shape index (κ1) is 16.7. The van der Waals surface area contributed by atoms with Gasteiger partial charge in [-0.15, -0.1) is 0 Å². The van der Waals surface area contributed by atoms with Crippen LogP contribution in [0.3, 0.4) is 0 Å². The number of ether oxygens (including phenoxy) is 1. The molecule has 0 spiro atoms. The zero-order valence-corrected chi connectivity index (χ0v) is 15.0. The molecule has 1 aromatic heterocycles. The molecule has 124 valence electrons.